The molecule has 128 valence electrons. The van der Waals surface area contributed by atoms with Crippen molar-refractivity contribution in [1.82, 2.24) is 9.88 Å². The molecular formula is C19H19N3O3. The first kappa shape index (κ1) is 16.8. The number of carbonyl (C=O) groups excluding carboxylic acids is 3. The van der Waals surface area contributed by atoms with Crippen molar-refractivity contribution < 1.29 is 14.4 Å². The van der Waals surface area contributed by atoms with Crippen molar-refractivity contribution in [2.75, 3.05) is 11.4 Å². The Morgan fingerprint density at radius 1 is 1.00 bits per heavy atom. The highest BCUT2D eigenvalue weighted by Gasteiger charge is 2.29. The van der Waals surface area contributed by atoms with Gasteiger partial charge in [-0.1, -0.05) is 36.4 Å². The van der Waals surface area contributed by atoms with E-state index in [9.17, 15) is 14.4 Å². The zero-order chi connectivity index (χ0) is 17.6. The van der Waals surface area contributed by atoms with E-state index >= 15 is 0 Å². The summed E-state index contributed by atoms with van der Waals surface area (Å²) >= 11 is 0. The molecule has 0 bridgehead atoms. The van der Waals surface area contributed by atoms with E-state index in [1.165, 1.54) is 4.90 Å². The number of imide groups is 1. The van der Waals surface area contributed by atoms with Crippen molar-refractivity contribution >= 4 is 23.5 Å². The minimum Gasteiger partial charge on any atom is -0.292 e. The SMILES string of the molecule is O=C1CCC(=O)N1CCC(=O)N(Cc1ccccc1)c1ccccn1. The molecule has 0 N–H and O–H groups in total. The van der Waals surface area contributed by atoms with E-state index in [2.05, 4.69) is 4.98 Å². The van der Waals surface area contributed by atoms with Crippen LogP contribution < -0.4 is 4.90 Å². The number of nitrogens with zero attached hydrogens (tertiary/aromatic N) is 3. The molecule has 0 saturated carbocycles. The van der Waals surface area contributed by atoms with E-state index in [0.29, 0.717) is 12.4 Å². The maximum Gasteiger partial charge on any atom is 0.230 e. The van der Waals surface area contributed by atoms with Crippen LogP contribution in [0.4, 0.5) is 5.82 Å². The van der Waals surface area contributed by atoms with E-state index in [1.54, 1.807) is 23.2 Å². The lowest BCUT2D eigenvalue weighted by Gasteiger charge is -2.23. The fraction of sp³-hybridized carbons (Fsp3) is 0.263. The molecule has 6 nitrogen and oxygen atoms in total. The van der Waals surface area contributed by atoms with E-state index < -0.39 is 0 Å². The van der Waals surface area contributed by atoms with Crippen LogP contribution in [0, 0.1) is 0 Å². The monoisotopic (exact) mass is 337 g/mol. The maximum atomic E-state index is 12.8. The lowest BCUT2D eigenvalue weighted by molar-refractivity contribution is -0.138. The summed E-state index contributed by atoms with van der Waals surface area (Å²) in [6.07, 6.45) is 2.19. The Balaban J connectivity index is 1.73. The molecule has 0 atom stereocenters. The second-order valence-electron chi connectivity index (χ2n) is 5.84. The van der Waals surface area contributed by atoms with Gasteiger partial charge in [0.05, 0.1) is 6.54 Å². The molecule has 1 fully saturated rings. The fourth-order valence-corrected chi connectivity index (χ4v) is 2.79. The maximum absolute atomic E-state index is 12.8. The minimum atomic E-state index is -0.203. The van der Waals surface area contributed by atoms with Crippen LogP contribution >= 0.6 is 0 Å². The largest absolute Gasteiger partial charge is 0.292 e. The second kappa shape index (κ2) is 7.70. The number of hydrogen-bond donors (Lipinski definition) is 0. The Morgan fingerprint density at radius 2 is 1.68 bits per heavy atom. The summed E-state index contributed by atoms with van der Waals surface area (Å²) < 4.78 is 0. The van der Waals surface area contributed by atoms with Crippen molar-refractivity contribution in [2.24, 2.45) is 0 Å². The van der Waals surface area contributed by atoms with Gasteiger partial charge in [-0.05, 0) is 17.7 Å². The van der Waals surface area contributed by atoms with Gasteiger partial charge < -0.3 is 0 Å². The molecule has 25 heavy (non-hydrogen) atoms. The molecule has 2 heterocycles. The molecule has 0 unspecified atom stereocenters. The van der Waals surface area contributed by atoms with Crippen LogP contribution in [0.2, 0.25) is 0 Å². The van der Waals surface area contributed by atoms with E-state index in [-0.39, 0.29) is 43.5 Å². The third kappa shape index (κ3) is 4.09. The Labute approximate surface area is 146 Å². The Morgan fingerprint density at radius 3 is 2.32 bits per heavy atom. The Hall–Kier alpha value is -3.02. The molecule has 0 aliphatic carbocycles. The van der Waals surface area contributed by atoms with Gasteiger partial charge in [0.1, 0.15) is 5.82 Å². The van der Waals surface area contributed by atoms with Crippen molar-refractivity contribution in [3.63, 3.8) is 0 Å². The van der Waals surface area contributed by atoms with Gasteiger partial charge in [-0.2, -0.15) is 0 Å². The number of likely N-dealkylation sites (tertiary alicyclic amines) is 1. The summed E-state index contributed by atoms with van der Waals surface area (Å²) in [6.45, 7) is 0.507. The molecule has 1 aromatic carbocycles. The Bertz CT molecular complexity index is 746. The lowest BCUT2D eigenvalue weighted by Crippen LogP contribution is -2.36. The summed E-state index contributed by atoms with van der Waals surface area (Å²) in [4.78, 5) is 43.2. The van der Waals surface area contributed by atoms with Gasteiger partial charge in [-0.3, -0.25) is 24.2 Å². The number of hydrogen-bond acceptors (Lipinski definition) is 4. The number of aromatic nitrogens is 1. The molecule has 0 spiro atoms. The number of pyridine rings is 1. The molecule has 1 aliphatic heterocycles. The van der Waals surface area contributed by atoms with Crippen LogP contribution in [0.15, 0.2) is 54.7 Å². The zero-order valence-corrected chi connectivity index (χ0v) is 13.8. The zero-order valence-electron chi connectivity index (χ0n) is 13.8. The number of benzene rings is 1. The summed E-state index contributed by atoms with van der Waals surface area (Å²) in [5.41, 5.74) is 0.981. The van der Waals surface area contributed by atoms with Gasteiger partial charge in [0, 0.05) is 32.0 Å². The van der Waals surface area contributed by atoms with Gasteiger partial charge in [0.25, 0.3) is 0 Å². The molecule has 0 radical (unpaired) electrons. The second-order valence-corrected chi connectivity index (χ2v) is 5.84. The number of carbonyl (C=O) groups is 3. The van der Waals surface area contributed by atoms with Crippen LogP contribution in [0.1, 0.15) is 24.8 Å². The molecule has 1 aromatic heterocycles. The van der Waals surface area contributed by atoms with Crippen LogP contribution in [-0.2, 0) is 20.9 Å². The van der Waals surface area contributed by atoms with Crippen molar-refractivity contribution in [1.29, 1.82) is 0 Å². The third-order valence-electron chi connectivity index (χ3n) is 4.11. The quantitative estimate of drug-likeness (QED) is 0.757. The highest BCUT2D eigenvalue weighted by molar-refractivity contribution is 6.02. The highest BCUT2D eigenvalue weighted by atomic mass is 16.2. The summed E-state index contributed by atoms with van der Waals surface area (Å²) in [5.74, 6) is -0.0269. The average molecular weight is 337 g/mol. The van der Waals surface area contributed by atoms with E-state index in [0.717, 1.165) is 5.56 Å². The standard InChI is InChI=1S/C19H19N3O3/c23-17-9-10-18(24)21(17)13-11-19(25)22(16-8-4-5-12-20-16)14-15-6-2-1-3-7-15/h1-8,12H,9-11,13-14H2. The molecule has 1 saturated heterocycles. The van der Waals surface area contributed by atoms with Crippen LogP contribution in [-0.4, -0.2) is 34.2 Å². The molecular weight excluding hydrogens is 318 g/mol. The molecule has 3 amide bonds. The molecule has 1 aliphatic rings. The van der Waals surface area contributed by atoms with Crippen molar-refractivity contribution in [2.45, 2.75) is 25.8 Å². The van der Waals surface area contributed by atoms with E-state index in [4.69, 9.17) is 0 Å². The van der Waals surface area contributed by atoms with Crippen LogP contribution in [0.3, 0.4) is 0 Å². The highest BCUT2D eigenvalue weighted by Crippen LogP contribution is 2.17. The van der Waals surface area contributed by atoms with Gasteiger partial charge >= 0.3 is 0 Å². The predicted molar refractivity (Wildman–Crippen MR) is 92.4 cm³/mol. The van der Waals surface area contributed by atoms with E-state index in [1.807, 2.05) is 36.4 Å². The number of rotatable bonds is 6. The summed E-state index contributed by atoms with van der Waals surface area (Å²) in [7, 11) is 0. The first-order valence-electron chi connectivity index (χ1n) is 8.23. The third-order valence-corrected chi connectivity index (χ3v) is 4.11. The van der Waals surface area contributed by atoms with Gasteiger partial charge in [-0.25, -0.2) is 4.98 Å². The smallest absolute Gasteiger partial charge is 0.230 e. The molecule has 2 aromatic rings. The topological polar surface area (TPSA) is 70.6 Å². The number of amides is 3. The van der Waals surface area contributed by atoms with Gasteiger partial charge in [0.2, 0.25) is 17.7 Å². The van der Waals surface area contributed by atoms with Crippen LogP contribution in [0.25, 0.3) is 0 Å². The van der Waals surface area contributed by atoms with Crippen molar-refractivity contribution in [3.05, 3.63) is 60.3 Å². The Kier molecular flexibility index (Phi) is 5.18. The molecule has 6 heteroatoms. The lowest BCUT2D eigenvalue weighted by atomic mass is 10.2. The first-order valence-corrected chi connectivity index (χ1v) is 8.23. The van der Waals surface area contributed by atoms with Crippen LogP contribution in [0.5, 0.6) is 0 Å². The fourth-order valence-electron chi connectivity index (χ4n) is 2.79. The number of anilines is 1. The summed E-state index contributed by atoms with van der Waals surface area (Å²) in [5, 5.41) is 0. The molecule has 3 rings (SSSR count). The van der Waals surface area contributed by atoms with Gasteiger partial charge in [0.15, 0.2) is 0 Å². The average Bonchev–Trinajstić information content (AvgIpc) is 2.97. The minimum absolute atomic E-state index is 0.0842. The first-order chi connectivity index (χ1) is 12.1. The summed E-state index contributed by atoms with van der Waals surface area (Å²) in [6, 6.07) is 15.0. The predicted octanol–water partition coefficient (Wildman–Crippen LogP) is 2.15. The normalized spacial score (nSPS) is 14.0. The van der Waals surface area contributed by atoms with Crippen molar-refractivity contribution in [3.8, 4) is 0 Å². The van der Waals surface area contributed by atoms with Gasteiger partial charge in [-0.15, -0.1) is 0 Å².